The summed E-state index contributed by atoms with van der Waals surface area (Å²) in [5.74, 6) is -0.0764. The third-order valence-electron chi connectivity index (χ3n) is 0.980. The summed E-state index contributed by atoms with van der Waals surface area (Å²) in [4.78, 5) is 9.82. The Hall–Kier alpha value is -0.120. The summed E-state index contributed by atoms with van der Waals surface area (Å²) in [7, 11) is 0. The normalized spacial score (nSPS) is 8.00. The summed E-state index contributed by atoms with van der Waals surface area (Å²) in [6.07, 6.45) is 0. The molecule has 0 radical (unpaired) electrons. The minimum atomic E-state index is -0.0764. The second-order valence-electron chi connectivity index (χ2n) is 1.58. The summed E-state index contributed by atoms with van der Waals surface area (Å²) in [6, 6.07) is 6.12. The SMILES string of the molecule is O=Nc1ccccc1O.[Ca+2].[H-].[H-]. The fourth-order valence-corrected chi connectivity index (χ4v) is 0.541. The molecule has 0 aromatic heterocycles. The van der Waals surface area contributed by atoms with Gasteiger partial charge in [0.15, 0.2) is 0 Å². The molecule has 0 aliphatic heterocycles. The minimum Gasteiger partial charge on any atom is -1.00 e. The molecular weight excluding hydrogens is 158 g/mol. The second kappa shape index (κ2) is 4.66. The molecule has 0 fully saturated rings. The standard InChI is InChI=1S/C6H5NO2.Ca.2H/c8-6-4-2-1-3-5(6)7-9;;;/h1-4,8H;;;/q;+2;2*-1. The predicted octanol–water partition coefficient (Wildman–Crippen LogP) is 1.63. The Labute approximate surface area is 91.0 Å². The number of hydrogen-bond donors (Lipinski definition) is 1. The van der Waals surface area contributed by atoms with Gasteiger partial charge in [-0.15, -0.1) is 4.91 Å². The van der Waals surface area contributed by atoms with Crippen molar-refractivity contribution in [3.05, 3.63) is 29.2 Å². The van der Waals surface area contributed by atoms with Crippen LogP contribution in [0, 0.1) is 4.91 Å². The quantitative estimate of drug-likeness (QED) is 0.508. The Morgan fingerprint density at radius 3 is 2.40 bits per heavy atom. The fraction of sp³-hybridized carbons (Fsp3) is 0. The monoisotopic (exact) mass is 165 g/mol. The summed E-state index contributed by atoms with van der Waals surface area (Å²) < 4.78 is 0. The van der Waals surface area contributed by atoms with E-state index in [1.165, 1.54) is 12.1 Å². The summed E-state index contributed by atoms with van der Waals surface area (Å²) >= 11 is 0. The van der Waals surface area contributed by atoms with E-state index in [0.717, 1.165) is 0 Å². The molecule has 10 heavy (non-hydrogen) atoms. The minimum absolute atomic E-state index is 0. The van der Waals surface area contributed by atoms with Crippen molar-refractivity contribution in [1.82, 2.24) is 0 Å². The Balaban J connectivity index is -0.000000270. The maximum atomic E-state index is 9.82. The van der Waals surface area contributed by atoms with Crippen LogP contribution >= 0.6 is 0 Å². The first-order chi connectivity index (χ1) is 4.34. The number of phenolic OH excluding ortho intramolecular Hbond substituents is 1. The maximum Gasteiger partial charge on any atom is 2.00 e. The molecule has 1 N–H and O–H groups in total. The van der Waals surface area contributed by atoms with Crippen LogP contribution in [0.15, 0.2) is 29.4 Å². The summed E-state index contributed by atoms with van der Waals surface area (Å²) in [6.45, 7) is 0. The number of rotatable bonds is 1. The van der Waals surface area contributed by atoms with E-state index in [0.29, 0.717) is 0 Å². The van der Waals surface area contributed by atoms with Crippen LogP contribution in [0.5, 0.6) is 5.75 Å². The van der Waals surface area contributed by atoms with E-state index in [4.69, 9.17) is 5.11 Å². The van der Waals surface area contributed by atoms with Gasteiger partial charge in [-0.05, 0) is 17.3 Å². The number of para-hydroxylation sites is 1. The Morgan fingerprint density at radius 1 is 1.40 bits per heavy atom. The molecule has 0 atom stereocenters. The van der Waals surface area contributed by atoms with E-state index < -0.39 is 0 Å². The van der Waals surface area contributed by atoms with Gasteiger partial charge in [-0.3, -0.25) is 0 Å². The van der Waals surface area contributed by atoms with Crippen molar-refractivity contribution < 1.29 is 7.96 Å². The third-order valence-corrected chi connectivity index (χ3v) is 0.980. The number of nitroso groups, excluding NO2 is 1. The average Bonchev–Trinajstić information content (AvgIpc) is 1.89. The van der Waals surface area contributed by atoms with E-state index in [9.17, 15) is 4.91 Å². The molecule has 0 aliphatic carbocycles. The van der Waals surface area contributed by atoms with E-state index in [1.807, 2.05) is 0 Å². The summed E-state index contributed by atoms with van der Waals surface area (Å²) in [5, 5.41) is 11.4. The van der Waals surface area contributed by atoms with Gasteiger partial charge in [-0.2, -0.15) is 0 Å². The van der Waals surface area contributed by atoms with Gasteiger partial charge in [0.05, 0.1) is 0 Å². The van der Waals surface area contributed by atoms with Crippen LogP contribution in [-0.4, -0.2) is 42.8 Å². The molecule has 3 nitrogen and oxygen atoms in total. The van der Waals surface area contributed by atoms with Gasteiger partial charge in [0, 0.05) is 0 Å². The third kappa shape index (κ3) is 2.25. The van der Waals surface area contributed by atoms with Gasteiger partial charge >= 0.3 is 37.7 Å². The van der Waals surface area contributed by atoms with E-state index in [1.54, 1.807) is 12.1 Å². The van der Waals surface area contributed by atoms with Crippen molar-refractivity contribution in [2.75, 3.05) is 0 Å². The van der Waals surface area contributed by atoms with Crippen LogP contribution in [0.1, 0.15) is 2.85 Å². The van der Waals surface area contributed by atoms with Gasteiger partial charge in [0.2, 0.25) is 0 Å². The topological polar surface area (TPSA) is 49.7 Å². The van der Waals surface area contributed by atoms with Crippen LogP contribution in [0.25, 0.3) is 0 Å². The molecule has 0 saturated carbocycles. The molecule has 4 heteroatoms. The van der Waals surface area contributed by atoms with Crippen molar-refractivity contribution in [2.24, 2.45) is 5.18 Å². The number of nitrogens with zero attached hydrogens (tertiary/aromatic N) is 1. The van der Waals surface area contributed by atoms with Crippen molar-refractivity contribution in [2.45, 2.75) is 0 Å². The van der Waals surface area contributed by atoms with Gasteiger partial charge in [-0.1, -0.05) is 12.1 Å². The van der Waals surface area contributed by atoms with E-state index >= 15 is 0 Å². The zero-order valence-electron chi connectivity index (χ0n) is 7.32. The Bertz CT molecular complexity index is 235. The summed E-state index contributed by atoms with van der Waals surface area (Å²) in [5.41, 5.74) is 0.0810. The van der Waals surface area contributed by atoms with Crippen LogP contribution < -0.4 is 0 Å². The smallest absolute Gasteiger partial charge is 1.00 e. The Morgan fingerprint density at radius 2 is 2.00 bits per heavy atom. The molecule has 0 saturated heterocycles. The Kier molecular flexibility index (Phi) is 4.60. The largest absolute Gasteiger partial charge is 2.00 e. The van der Waals surface area contributed by atoms with E-state index in [-0.39, 0.29) is 52.0 Å². The molecule has 0 heterocycles. The molecular formula is C6H7CaNO2. The van der Waals surface area contributed by atoms with Crippen molar-refractivity contribution in [3.8, 4) is 5.75 Å². The molecule has 0 spiro atoms. The molecule has 0 aliphatic rings. The molecule has 0 amide bonds. The number of phenols is 1. The average molecular weight is 165 g/mol. The number of aromatic hydroxyl groups is 1. The van der Waals surface area contributed by atoms with Crippen molar-refractivity contribution >= 4 is 43.4 Å². The molecule has 0 unspecified atom stereocenters. The van der Waals surface area contributed by atoms with Gasteiger partial charge < -0.3 is 7.96 Å². The maximum absolute atomic E-state index is 9.82. The van der Waals surface area contributed by atoms with Crippen LogP contribution in [0.2, 0.25) is 0 Å². The van der Waals surface area contributed by atoms with Crippen LogP contribution in [0.4, 0.5) is 5.69 Å². The first-order valence-electron chi connectivity index (χ1n) is 2.46. The van der Waals surface area contributed by atoms with Gasteiger partial charge in [0.1, 0.15) is 11.4 Å². The van der Waals surface area contributed by atoms with Crippen LogP contribution in [-0.2, 0) is 0 Å². The fourth-order valence-electron chi connectivity index (χ4n) is 0.541. The zero-order valence-corrected chi connectivity index (χ0v) is 7.53. The molecule has 1 aromatic carbocycles. The number of benzene rings is 1. The van der Waals surface area contributed by atoms with Gasteiger partial charge in [0.25, 0.3) is 0 Å². The van der Waals surface area contributed by atoms with Gasteiger partial charge in [-0.25, -0.2) is 0 Å². The predicted molar refractivity (Wildman–Crippen MR) is 41.5 cm³/mol. The van der Waals surface area contributed by atoms with Crippen molar-refractivity contribution in [3.63, 3.8) is 0 Å². The first kappa shape index (κ1) is 9.88. The first-order valence-corrected chi connectivity index (χ1v) is 2.46. The molecule has 50 valence electrons. The van der Waals surface area contributed by atoms with Crippen LogP contribution in [0.3, 0.4) is 0 Å². The zero-order chi connectivity index (χ0) is 6.69. The van der Waals surface area contributed by atoms with Crippen molar-refractivity contribution in [1.29, 1.82) is 0 Å². The molecule has 0 bridgehead atoms. The number of hydrogen-bond acceptors (Lipinski definition) is 3. The second-order valence-corrected chi connectivity index (χ2v) is 1.58. The van der Waals surface area contributed by atoms with E-state index in [2.05, 4.69) is 5.18 Å². The molecule has 1 rings (SSSR count). The molecule has 1 aromatic rings.